The van der Waals surface area contributed by atoms with E-state index in [2.05, 4.69) is 0 Å². The lowest BCUT2D eigenvalue weighted by Crippen LogP contribution is -2.62. The lowest BCUT2D eigenvalue weighted by Gasteiger charge is -2.43. The minimum atomic E-state index is -2.06. The molecule has 3 aliphatic rings. The summed E-state index contributed by atoms with van der Waals surface area (Å²) in [6, 6.07) is 5.09. The minimum Gasteiger partial charge on any atom is -0.508 e. The fourth-order valence-electron chi connectivity index (χ4n) is 6.22. The third kappa shape index (κ3) is 7.52. The van der Waals surface area contributed by atoms with Crippen molar-refractivity contribution in [1.82, 2.24) is 0 Å². The summed E-state index contributed by atoms with van der Waals surface area (Å²) in [7, 11) is 0. The Bertz CT molecular complexity index is 1850. The summed E-state index contributed by atoms with van der Waals surface area (Å²) >= 11 is 0. The van der Waals surface area contributed by atoms with Gasteiger partial charge in [-0.05, 0) is 25.1 Å². The van der Waals surface area contributed by atoms with Gasteiger partial charge in [0, 0.05) is 17.7 Å². The Hall–Kier alpha value is -3.91. The van der Waals surface area contributed by atoms with Crippen LogP contribution in [-0.2, 0) is 23.7 Å². The van der Waals surface area contributed by atoms with Crippen molar-refractivity contribution in [3.63, 3.8) is 0 Å². The molecule has 21 heteroatoms. The molecule has 0 amide bonds. The molecule has 3 aliphatic heterocycles. The van der Waals surface area contributed by atoms with E-state index in [-0.39, 0.29) is 11.1 Å². The summed E-state index contributed by atoms with van der Waals surface area (Å²) < 4.78 is 39.0. The van der Waals surface area contributed by atoms with E-state index in [1.807, 2.05) is 0 Å². The molecule has 0 saturated carbocycles. The molecular weight excluding hydrogens is 732 g/mol. The first-order valence-electron chi connectivity index (χ1n) is 16.5. The van der Waals surface area contributed by atoms with Gasteiger partial charge in [-0.3, -0.25) is 4.79 Å². The van der Waals surface area contributed by atoms with Crippen LogP contribution in [-0.4, -0.2) is 172 Å². The van der Waals surface area contributed by atoms with Crippen molar-refractivity contribution < 1.29 is 99.2 Å². The molecule has 3 aromatic rings. The average Bonchev–Trinajstić information content (AvgIpc) is 3.13. The van der Waals surface area contributed by atoms with E-state index in [9.17, 15) is 71.2 Å². The topological polar surface area (TPSA) is 349 Å². The fraction of sp³-hybridized carbons (Fsp3) is 0.545. The van der Waals surface area contributed by atoms with Gasteiger partial charge in [0.15, 0.2) is 29.8 Å². The maximum Gasteiger partial charge on any atom is 0.239 e. The summed E-state index contributed by atoms with van der Waals surface area (Å²) in [6.45, 7) is 0.0455. The van der Waals surface area contributed by atoms with Crippen molar-refractivity contribution in [1.29, 1.82) is 0 Å². The zero-order valence-corrected chi connectivity index (χ0v) is 28.0. The predicted octanol–water partition coefficient (Wildman–Crippen LogP) is -3.86. The number of hydrogen-bond acceptors (Lipinski definition) is 21. The lowest BCUT2D eigenvalue weighted by molar-refractivity contribution is -0.337. The largest absolute Gasteiger partial charge is 0.508 e. The molecule has 0 unspecified atom stereocenters. The highest BCUT2D eigenvalue weighted by Gasteiger charge is 2.49. The fourth-order valence-corrected chi connectivity index (χ4v) is 6.22. The van der Waals surface area contributed by atoms with Crippen molar-refractivity contribution in [3.8, 4) is 40.1 Å². The van der Waals surface area contributed by atoms with E-state index < -0.39 is 151 Å². The van der Waals surface area contributed by atoms with Crippen LogP contribution in [0.2, 0.25) is 0 Å². The maximum absolute atomic E-state index is 13.7. The number of phenols is 4. The summed E-state index contributed by atoms with van der Waals surface area (Å²) in [5.74, 6) is -3.60. The highest BCUT2D eigenvalue weighted by molar-refractivity contribution is 5.88. The molecule has 0 aliphatic carbocycles. The van der Waals surface area contributed by atoms with Gasteiger partial charge in [0.2, 0.25) is 17.5 Å². The van der Waals surface area contributed by atoms with Crippen LogP contribution >= 0.6 is 0 Å². The Morgan fingerprint density at radius 1 is 0.593 bits per heavy atom. The van der Waals surface area contributed by atoms with Crippen LogP contribution in [0.5, 0.6) is 28.7 Å². The summed E-state index contributed by atoms with van der Waals surface area (Å²) in [4.78, 5) is 13.7. The van der Waals surface area contributed by atoms with Crippen LogP contribution in [0.25, 0.3) is 22.3 Å². The van der Waals surface area contributed by atoms with Crippen molar-refractivity contribution >= 4 is 11.0 Å². The van der Waals surface area contributed by atoms with E-state index in [1.54, 1.807) is 0 Å². The third-order valence-corrected chi connectivity index (χ3v) is 9.38. The van der Waals surface area contributed by atoms with Gasteiger partial charge in [-0.25, -0.2) is 0 Å². The summed E-state index contributed by atoms with van der Waals surface area (Å²) in [5.41, 5.74) is -1.50. The molecule has 1 aromatic heterocycles. The average molecular weight is 773 g/mol. The second kappa shape index (κ2) is 15.7. The first kappa shape index (κ1) is 39.8. The Labute approximate surface area is 303 Å². The zero-order valence-electron chi connectivity index (χ0n) is 28.0. The van der Waals surface area contributed by atoms with Gasteiger partial charge in [0.05, 0.1) is 19.3 Å². The summed E-state index contributed by atoms with van der Waals surface area (Å²) in [6.07, 6.45) is -25.6. The van der Waals surface area contributed by atoms with E-state index in [0.717, 1.165) is 24.3 Å². The van der Waals surface area contributed by atoms with E-state index in [1.165, 1.54) is 13.0 Å². The second-order valence-corrected chi connectivity index (χ2v) is 13.1. The Kier molecular flexibility index (Phi) is 11.5. The van der Waals surface area contributed by atoms with Crippen LogP contribution in [0.3, 0.4) is 0 Å². The molecule has 0 bridgehead atoms. The van der Waals surface area contributed by atoms with Crippen LogP contribution in [0.15, 0.2) is 39.5 Å². The quantitative estimate of drug-likeness (QED) is 0.0925. The highest BCUT2D eigenvalue weighted by Crippen LogP contribution is 2.39. The van der Waals surface area contributed by atoms with E-state index in [4.69, 9.17) is 32.8 Å². The van der Waals surface area contributed by atoms with Gasteiger partial charge < -0.3 is 99.2 Å². The van der Waals surface area contributed by atoms with Crippen LogP contribution in [0.4, 0.5) is 0 Å². The molecule has 298 valence electrons. The first-order chi connectivity index (χ1) is 25.5. The van der Waals surface area contributed by atoms with Crippen molar-refractivity contribution in [2.24, 2.45) is 0 Å². The summed E-state index contributed by atoms with van der Waals surface area (Å²) in [5, 5.41) is 134. The molecule has 0 spiro atoms. The van der Waals surface area contributed by atoms with Crippen LogP contribution in [0.1, 0.15) is 6.92 Å². The minimum absolute atomic E-state index is 0.0801. The molecule has 54 heavy (non-hydrogen) atoms. The molecule has 0 radical (unpaired) electrons. The molecule has 4 heterocycles. The van der Waals surface area contributed by atoms with Crippen molar-refractivity contribution in [2.45, 2.75) is 99.0 Å². The molecule has 2 aromatic carbocycles. The Balaban J connectivity index is 1.20. The first-order valence-corrected chi connectivity index (χ1v) is 16.5. The molecule has 3 saturated heterocycles. The SMILES string of the molecule is C[C@@H]1O[C@@H](OC[C@H]2O[C@@H](OC[C@H]3O[C@@H](Oc4c(-c5ccc(O)c(O)c5)oc5cc(O)cc(O)c5c4=O)[C@H](O)[C@@H](O)[C@@H]3O)[C@H](O)[C@@H](O)[C@@H]2O)[C@H](O)[C@H](O)[C@H]1O. The number of rotatable bonds is 9. The smallest absolute Gasteiger partial charge is 0.239 e. The van der Waals surface area contributed by atoms with Crippen LogP contribution < -0.4 is 10.2 Å². The van der Waals surface area contributed by atoms with Gasteiger partial charge in [0.25, 0.3) is 0 Å². The van der Waals surface area contributed by atoms with Crippen molar-refractivity contribution in [2.75, 3.05) is 13.2 Å². The van der Waals surface area contributed by atoms with Crippen LogP contribution in [0, 0.1) is 0 Å². The molecule has 13 N–H and O–H groups in total. The third-order valence-electron chi connectivity index (χ3n) is 9.38. The normalized spacial score (nSPS) is 37.3. The highest BCUT2D eigenvalue weighted by atomic mass is 16.7. The molecular formula is C33H40O21. The number of phenolic OH excluding ortho intramolecular Hbond substituents is 4. The number of benzene rings is 2. The number of aliphatic hydroxyl groups is 9. The standard InChI is InChI=1S/C33H40O21/c1-9-19(38)23(42)26(45)31(50-9)48-7-16-20(39)24(43)27(46)32(52-16)49-8-17-21(40)25(44)28(47)33(53-17)54-30-22(41)18-14(37)5-11(34)6-15(18)51-29(30)10-2-3-12(35)13(36)4-10/h2-6,9,16-17,19-21,23-28,31-40,42-47H,7-8H2,1H3/t9-,16+,17+,19-,20+,21+,23+,24-,25-,26+,27+,28+,31+,32+,33-/m0/s1. The van der Waals surface area contributed by atoms with Gasteiger partial charge in [-0.1, -0.05) is 0 Å². The second-order valence-electron chi connectivity index (χ2n) is 13.1. The van der Waals surface area contributed by atoms with Gasteiger partial charge >= 0.3 is 0 Å². The lowest BCUT2D eigenvalue weighted by atomic mass is 9.98. The Morgan fingerprint density at radius 3 is 1.72 bits per heavy atom. The van der Waals surface area contributed by atoms with Crippen molar-refractivity contribution in [3.05, 3.63) is 40.6 Å². The number of hydrogen-bond donors (Lipinski definition) is 13. The van der Waals surface area contributed by atoms with Gasteiger partial charge in [-0.2, -0.15) is 0 Å². The Morgan fingerprint density at radius 2 is 1.13 bits per heavy atom. The molecule has 21 nitrogen and oxygen atoms in total. The number of ether oxygens (including phenoxy) is 6. The molecule has 3 fully saturated rings. The monoisotopic (exact) mass is 772 g/mol. The number of aliphatic hydroxyl groups excluding tert-OH is 9. The number of fused-ring (bicyclic) bond motifs is 1. The van der Waals surface area contributed by atoms with Gasteiger partial charge in [-0.15, -0.1) is 0 Å². The van der Waals surface area contributed by atoms with E-state index >= 15 is 0 Å². The predicted molar refractivity (Wildman–Crippen MR) is 173 cm³/mol. The van der Waals surface area contributed by atoms with E-state index in [0.29, 0.717) is 0 Å². The zero-order chi connectivity index (χ0) is 39.3. The molecule has 6 rings (SSSR count). The maximum atomic E-state index is 13.7. The molecule has 15 atom stereocenters. The van der Waals surface area contributed by atoms with Gasteiger partial charge in [0.1, 0.15) is 89.6 Å². The number of aromatic hydroxyl groups is 4.